The summed E-state index contributed by atoms with van der Waals surface area (Å²) in [5, 5.41) is 3.21. The Balaban J connectivity index is 0.00000341. The molecule has 1 aliphatic heterocycles. The molecule has 1 aromatic carbocycles. The highest BCUT2D eigenvalue weighted by Crippen LogP contribution is 2.18. The van der Waals surface area contributed by atoms with Gasteiger partial charge < -0.3 is 19.9 Å². The van der Waals surface area contributed by atoms with Crippen LogP contribution >= 0.6 is 24.0 Å². The molecule has 0 aliphatic carbocycles. The van der Waals surface area contributed by atoms with Crippen molar-refractivity contribution >= 4 is 35.8 Å². The molecule has 1 amide bonds. The zero-order valence-corrected chi connectivity index (χ0v) is 20.6. The molecule has 7 nitrogen and oxygen atoms in total. The van der Waals surface area contributed by atoms with Crippen LogP contribution in [0.15, 0.2) is 59.7 Å². The van der Waals surface area contributed by atoms with Gasteiger partial charge in [-0.2, -0.15) is 0 Å². The number of carbonyl (C=O) groups excluding carboxylic acids is 1. The number of nitrogens with zero attached hydrogens (tertiary/aromatic N) is 4. The van der Waals surface area contributed by atoms with Crippen molar-refractivity contribution in [1.82, 2.24) is 20.1 Å². The number of hydrogen-bond donors (Lipinski definition) is 1. The van der Waals surface area contributed by atoms with Gasteiger partial charge in [-0.05, 0) is 24.3 Å². The molecule has 0 bridgehead atoms. The van der Waals surface area contributed by atoms with Gasteiger partial charge >= 0.3 is 0 Å². The quantitative estimate of drug-likeness (QED) is 0.334. The maximum Gasteiger partial charge on any atom is 0.241 e. The number of amides is 1. The standard InChI is InChI=1S/C23H31N5O2.HI/c1-24-23(26-18-22(29)27(2)15-11-19-8-6-7-14-25-19)28-16-12-21(13-17-28)30-20-9-4-3-5-10-20;/h3-10,14,21H,11-13,15-18H2,1-2H3,(H,24,26);1H. The number of carbonyl (C=O) groups is 1. The van der Waals surface area contributed by atoms with E-state index in [9.17, 15) is 4.79 Å². The van der Waals surface area contributed by atoms with Crippen LogP contribution in [0.1, 0.15) is 18.5 Å². The summed E-state index contributed by atoms with van der Waals surface area (Å²) in [4.78, 5) is 25.0. The second kappa shape index (κ2) is 13.1. The summed E-state index contributed by atoms with van der Waals surface area (Å²) in [7, 11) is 3.58. The Labute approximate surface area is 201 Å². The normalized spacial score (nSPS) is 14.5. The number of likely N-dealkylation sites (tertiary alicyclic amines) is 1. The fourth-order valence-electron chi connectivity index (χ4n) is 3.45. The molecule has 0 spiro atoms. The van der Waals surface area contributed by atoms with Gasteiger partial charge in [-0.3, -0.25) is 14.8 Å². The average Bonchev–Trinajstić information content (AvgIpc) is 2.80. The third-order valence-electron chi connectivity index (χ3n) is 5.25. The maximum atomic E-state index is 12.5. The summed E-state index contributed by atoms with van der Waals surface area (Å²) < 4.78 is 6.06. The molecule has 0 radical (unpaired) electrons. The third kappa shape index (κ3) is 8.01. The number of likely N-dealkylation sites (N-methyl/N-ethyl adjacent to an activating group) is 1. The van der Waals surface area contributed by atoms with Gasteiger partial charge in [-0.25, -0.2) is 0 Å². The molecular formula is C23H32IN5O2. The highest BCUT2D eigenvalue weighted by atomic mass is 127. The van der Waals surface area contributed by atoms with Crippen LogP contribution < -0.4 is 10.1 Å². The van der Waals surface area contributed by atoms with Crippen LogP contribution in [0.5, 0.6) is 5.75 Å². The highest BCUT2D eigenvalue weighted by molar-refractivity contribution is 14.0. The van der Waals surface area contributed by atoms with Crippen LogP contribution in [0.3, 0.4) is 0 Å². The van der Waals surface area contributed by atoms with E-state index >= 15 is 0 Å². The maximum absolute atomic E-state index is 12.5. The summed E-state index contributed by atoms with van der Waals surface area (Å²) in [6, 6.07) is 15.8. The van der Waals surface area contributed by atoms with Gasteiger partial charge in [0.1, 0.15) is 11.9 Å². The molecule has 0 unspecified atom stereocenters. The molecule has 31 heavy (non-hydrogen) atoms. The number of para-hydroxylation sites is 1. The minimum atomic E-state index is 0. The van der Waals surface area contributed by atoms with E-state index in [1.165, 1.54) is 0 Å². The van der Waals surface area contributed by atoms with E-state index in [0.29, 0.717) is 6.54 Å². The van der Waals surface area contributed by atoms with E-state index in [2.05, 4.69) is 20.2 Å². The lowest BCUT2D eigenvalue weighted by atomic mass is 10.1. The van der Waals surface area contributed by atoms with Gasteiger partial charge in [0.25, 0.3) is 0 Å². The number of aromatic nitrogens is 1. The summed E-state index contributed by atoms with van der Waals surface area (Å²) >= 11 is 0. The Bertz CT molecular complexity index is 811. The van der Waals surface area contributed by atoms with Crippen molar-refractivity contribution in [2.75, 3.05) is 40.3 Å². The lowest BCUT2D eigenvalue weighted by Gasteiger charge is -2.34. The predicted molar refractivity (Wildman–Crippen MR) is 134 cm³/mol. The van der Waals surface area contributed by atoms with E-state index in [1.54, 1.807) is 18.1 Å². The zero-order valence-electron chi connectivity index (χ0n) is 18.2. The molecule has 0 atom stereocenters. The number of ether oxygens (including phenoxy) is 1. The van der Waals surface area contributed by atoms with Crippen LogP contribution in [0.4, 0.5) is 0 Å². The third-order valence-corrected chi connectivity index (χ3v) is 5.25. The van der Waals surface area contributed by atoms with E-state index in [4.69, 9.17) is 4.74 Å². The molecule has 1 aromatic heterocycles. The second-order valence-electron chi connectivity index (χ2n) is 7.40. The van der Waals surface area contributed by atoms with Gasteiger partial charge in [0.05, 0.1) is 6.54 Å². The summed E-state index contributed by atoms with van der Waals surface area (Å²) in [5.41, 5.74) is 0.988. The molecule has 1 fully saturated rings. The first-order valence-electron chi connectivity index (χ1n) is 10.5. The minimum Gasteiger partial charge on any atom is -0.490 e. The Hall–Kier alpha value is -2.36. The average molecular weight is 537 g/mol. The first kappa shape index (κ1) is 24.9. The van der Waals surface area contributed by atoms with Gasteiger partial charge in [-0.15, -0.1) is 24.0 Å². The summed E-state index contributed by atoms with van der Waals surface area (Å²) in [6.45, 7) is 2.56. The topological polar surface area (TPSA) is 70.1 Å². The largest absolute Gasteiger partial charge is 0.490 e. The fraction of sp³-hybridized carbons (Fsp3) is 0.435. The predicted octanol–water partition coefficient (Wildman–Crippen LogP) is 2.82. The SMILES string of the molecule is CN=C(NCC(=O)N(C)CCc1ccccn1)N1CCC(Oc2ccccc2)CC1.I. The lowest BCUT2D eigenvalue weighted by Crippen LogP contribution is -2.49. The van der Waals surface area contributed by atoms with E-state index in [0.717, 1.165) is 49.8 Å². The number of hydrogen-bond acceptors (Lipinski definition) is 4. The van der Waals surface area contributed by atoms with Crippen LogP contribution in [-0.4, -0.2) is 73.0 Å². The van der Waals surface area contributed by atoms with Crippen molar-refractivity contribution in [2.24, 2.45) is 4.99 Å². The number of halogens is 1. The first-order chi connectivity index (χ1) is 14.7. The molecule has 168 valence electrons. The van der Waals surface area contributed by atoms with Crippen LogP contribution in [0.2, 0.25) is 0 Å². The fourth-order valence-corrected chi connectivity index (χ4v) is 3.45. The van der Waals surface area contributed by atoms with Crippen LogP contribution in [0.25, 0.3) is 0 Å². The lowest BCUT2D eigenvalue weighted by molar-refractivity contribution is -0.128. The molecule has 2 aromatic rings. The molecular weight excluding hydrogens is 505 g/mol. The van der Waals surface area contributed by atoms with Crippen molar-refractivity contribution < 1.29 is 9.53 Å². The monoisotopic (exact) mass is 537 g/mol. The van der Waals surface area contributed by atoms with Crippen molar-refractivity contribution in [2.45, 2.75) is 25.4 Å². The van der Waals surface area contributed by atoms with Crippen LogP contribution in [0, 0.1) is 0 Å². The van der Waals surface area contributed by atoms with Gasteiger partial charge in [0.2, 0.25) is 5.91 Å². The molecule has 0 saturated carbocycles. The molecule has 1 aliphatic rings. The van der Waals surface area contributed by atoms with E-state index < -0.39 is 0 Å². The number of piperidine rings is 1. The summed E-state index contributed by atoms with van der Waals surface area (Å²) in [5.74, 6) is 1.71. The Morgan fingerprint density at radius 3 is 2.55 bits per heavy atom. The molecule has 1 saturated heterocycles. The van der Waals surface area contributed by atoms with Crippen molar-refractivity contribution in [3.63, 3.8) is 0 Å². The molecule has 2 heterocycles. The number of guanidine groups is 1. The van der Waals surface area contributed by atoms with Gasteiger partial charge in [-0.1, -0.05) is 24.3 Å². The minimum absolute atomic E-state index is 0. The van der Waals surface area contributed by atoms with Gasteiger partial charge in [0, 0.05) is 64.9 Å². The molecule has 8 heteroatoms. The molecule has 1 N–H and O–H groups in total. The Morgan fingerprint density at radius 1 is 1.19 bits per heavy atom. The number of pyridine rings is 1. The Kier molecular flexibility index (Phi) is 10.6. The second-order valence-corrected chi connectivity index (χ2v) is 7.40. The highest BCUT2D eigenvalue weighted by Gasteiger charge is 2.23. The van der Waals surface area contributed by atoms with Crippen molar-refractivity contribution in [3.05, 3.63) is 60.4 Å². The van der Waals surface area contributed by atoms with Crippen molar-refractivity contribution in [3.8, 4) is 5.75 Å². The van der Waals surface area contributed by atoms with E-state index in [-0.39, 0.29) is 42.5 Å². The Morgan fingerprint density at radius 2 is 1.90 bits per heavy atom. The zero-order chi connectivity index (χ0) is 21.2. The number of nitrogens with one attached hydrogen (secondary N) is 1. The van der Waals surface area contributed by atoms with Crippen molar-refractivity contribution in [1.29, 1.82) is 0 Å². The number of aliphatic imine (C=N–C) groups is 1. The van der Waals surface area contributed by atoms with Gasteiger partial charge in [0.15, 0.2) is 5.96 Å². The first-order valence-corrected chi connectivity index (χ1v) is 10.5. The molecule has 3 rings (SSSR count). The number of benzene rings is 1. The summed E-state index contributed by atoms with van der Waals surface area (Å²) in [6.07, 6.45) is 4.57. The van der Waals surface area contributed by atoms with Crippen LogP contribution in [-0.2, 0) is 11.2 Å². The van der Waals surface area contributed by atoms with E-state index in [1.807, 2.05) is 55.6 Å². The number of rotatable bonds is 7. The smallest absolute Gasteiger partial charge is 0.241 e.